The number of allylic oxidation sites excluding steroid dienone is 3. The number of carboxylic acid groups (broad SMARTS) is 2. The van der Waals surface area contributed by atoms with E-state index in [4.69, 9.17) is 19.7 Å². The number of carbonyl (C=O) groups excluding carboxylic acids is 2. The third-order valence-corrected chi connectivity index (χ3v) is 6.94. The molecule has 1 aliphatic carbocycles. The van der Waals surface area contributed by atoms with Gasteiger partial charge in [-0.1, -0.05) is 43.6 Å². The summed E-state index contributed by atoms with van der Waals surface area (Å²) in [6.07, 6.45) is 7.42. The second-order valence-corrected chi connectivity index (χ2v) is 10.4. The highest BCUT2D eigenvalue weighted by atomic mass is 16.5. The second-order valence-electron chi connectivity index (χ2n) is 10.4. The van der Waals surface area contributed by atoms with Crippen LogP contribution in [0, 0.1) is 5.92 Å². The maximum absolute atomic E-state index is 12.8. The molecule has 0 amide bonds. The van der Waals surface area contributed by atoms with Gasteiger partial charge in [0.2, 0.25) is 0 Å². The molecular formula is C31H42O8. The van der Waals surface area contributed by atoms with Crippen molar-refractivity contribution in [3.63, 3.8) is 0 Å². The van der Waals surface area contributed by atoms with E-state index in [-0.39, 0.29) is 50.4 Å². The third kappa shape index (κ3) is 10.7. The Morgan fingerprint density at radius 1 is 0.897 bits per heavy atom. The second kappa shape index (κ2) is 15.9. The number of aryl methyl sites for hydroxylation is 1. The van der Waals surface area contributed by atoms with Crippen molar-refractivity contribution in [2.75, 3.05) is 0 Å². The number of hydrogen-bond donors (Lipinski definition) is 2. The van der Waals surface area contributed by atoms with Crippen LogP contribution in [0.1, 0.15) is 108 Å². The van der Waals surface area contributed by atoms with Gasteiger partial charge in [-0.3, -0.25) is 19.2 Å². The monoisotopic (exact) mass is 542 g/mol. The molecule has 39 heavy (non-hydrogen) atoms. The number of benzene rings is 1. The number of esters is 2. The molecule has 0 spiro atoms. The lowest BCUT2D eigenvalue weighted by molar-refractivity contribution is -0.139. The molecule has 2 rings (SSSR count). The number of carboxylic acids is 2. The van der Waals surface area contributed by atoms with Gasteiger partial charge in [0.05, 0.1) is 0 Å². The van der Waals surface area contributed by atoms with Gasteiger partial charge in [0, 0.05) is 37.2 Å². The van der Waals surface area contributed by atoms with E-state index in [0.717, 1.165) is 43.2 Å². The van der Waals surface area contributed by atoms with Crippen LogP contribution in [0.25, 0.3) is 0 Å². The molecule has 8 nitrogen and oxygen atoms in total. The first-order chi connectivity index (χ1) is 18.5. The SMILES string of the molecule is C=C(C)C1CCC(C)=CC1c1c(OC(=O)CCCC(=O)O)cc(CCCCC)cc1OC(=O)CCCC(=O)O. The summed E-state index contributed by atoms with van der Waals surface area (Å²) in [7, 11) is 0. The summed E-state index contributed by atoms with van der Waals surface area (Å²) in [5.74, 6) is -2.66. The molecule has 0 saturated carbocycles. The smallest absolute Gasteiger partial charge is 0.311 e. The fraction of sp³-hybridized carbons (Fsp3) is 0.548. The highest BCUT2D eigenvalue weighted by Gasteiger charge is 2.32. The lowest BCUT2D eigenvalue weighted by Gasteiger charge is -2.32. The van der Waals surface area contributed by atoms with Crippen LogP contribution < -0.4 is 9.47 Å². The minimum Gasteiger partial charge on any atom is -0.481 e. The van der Waals surface area contributed by atoms with E-state index < -0.39 is 23.9 Å². The Balaban J connectivity index is 2.56. The molecule has 1 aromatic carbocycles. The third-order valence-electron chi connectivity index (χ3n) is 6.94. The lowest BCUT2D eigenvalue weighted by atomic mass is 9.73. The summed E-state index contributed by atoms with van der Waals surface area (Å²) < 4.78 is 11.7. The first-order valence-corrected chi connectivity index (χ1v) is 13.9. The quantitative estimate of drug-likeness (QED) is 0.102. The molecule has 1 aromatic rings. The summed E-state index contributed by atoms with van der Waals surface area (Å²) in [4.78, 5) is 47.4. The zero-order valence-electron chi connectivity index (χ0n) is 23.4. The van der Waals surface area contributed by atoms with Crippen molar-refractivity contribution >= 4 is 23.9 Å². The topological polar surface area (TPSA) is 127 Å². The minimum atomic E-state index is -0.981. The molecule has 2 unspecified atom stereocenters. The predicted molar refractivity (Wildman–Crippen MR) is 148 cm³/mol. The Bertz CT molecular complexity index is 1030. The van der Waals surface area contributed by atoms with E-state index in [9.17, 15) is 19.2 Å². The number of unbranched alkanes of at least 4 members (excludes halogenated alkanes) is 2. The van der Waals surface area contributed by atoms with Gasteiger partial charge in [0.25, 0.3) is 0 Å². The maximum atomic E-state index is 12.8. The number of carbonyl (C=O) groups is 4. The van der Waals surface area contributed by atoms with E-state index in [2.05, 4.69) is 19.6 Å². The molecule has 8 heteroatoms. The van der Waals surface area contributed by atoms with Crippen LogP contribution in [0.15, 0.2) is 35.9 Å². The van der Waals surface area contributed by atoms with Crippen LogP contribution in [0.2, 0.25) is 0 Å². The van der Waals surface area contributed by atoms with Crippen molar-refractivity contribution in [1.29, 1.82) is 0 Å². The average Bonchev–Trinajstić information content (AvgIpc) is 2.83. The predicted octanol–water partition coefficient (Wildman–Crippen LogP) is 6.76. The molecule has 0 saturated heterocycles. The van der Waals surface area contributed by atoms with Gasteiger partial charge < -0.3 is 19.7 Å². The number of ether oxygens (including phenoxy) is 2. The van der Waals surface area contributed by atoms with Crippen LogP contribution in [0.3, 0.4) is 0 Å². The molecule has 1 aliphatic rings. The molecular weight excluding hydrogens is 500 g/mol. The molecule has 0 aliphatic heterocycles. The van der Waals surface area contributed by atoms with Crippen LogP contribution >= 0.6 is 0 Å². The summed E-state index contributed by atoms with van der Waals surface area (Å²) in [5.41, 5.74) is 3.58. The minimum absolute atomic E-state index is 0.0357. The van der Waals surface area contributed by atoms with Crippen LogP contribution in [-0.4, -0.2) is 34.1 Å². The Morgan fingerprint density at radius 3 is 1.90 bits per heavy atom. The number of aliphatic carboxylic acids is 2. The van der Waals surface area contributed by atoms with Gasteiger partial charge in [0.15, 0.2) is 0 Å². The van der Waals surface area contributed by atoms with E-state index in [1.807, 2.05) is 26.0 Å². The first kappa shape index (κ1) is 31.8. The highest BCUT2D eigenvalue weighted by Crippen LogP contribution is 2.47. The van der Waals surface area contributed by atoms with Gasteiger partial charge in [-0.25, -0.2) is 0 Å². The van der Waals surface area contributed by atoms with Crippen molar-refractivity contribution in [2.24, 2.45) is 5.92 Å². The molecule has 214 valence electrons. The molecule has 0 bridgehead atoms. The Morgan fingerprint density at radius 2 is 1.44 bits per heavy atom. The van der Waals surface area contributed by atoms with E-state index in [1.165, 1.54) is 5.57 Å². The summed E-state index contributed by atoms with van der Waals surface area (Å²) in [6, 6.07) is 3.66. The Hall–Kier alpha value is -3.42. The molecule has 2 atom stereocenters. The standard InChI is InChI=1S/C31H42O8/c1-5-6-7-10-22-18-25(38-29(36)13-8-11-27(32)33)31(24-17-21(4)15-16-23(24)20(2)3)26(19-22)39-30(37)14-9-12-28(34)35/h17-19,23-24H,2,5-16H2,1,3-4H3,(H,32,33)(H,34,35). The van der Waals surface area contributed by atoms with Crippen molar-refractivity contribution in [3.05, 3.63) is 47.1 Å². The largest absolute Gasteiger partial charge is 0.481 e. The lowest BCUT2D eigenvalue weighted by Crippen LogP contribution is -2.21. The fourth-order valence-corrected chi connectivity index (χ4v) is 4.90. The van der Waals surface area contributed by atoms with Crippen molar-refractivity contribution in [1.82, 2.24) is 0 Å². The van der Waals surface area contributed by atoms with Crippen molar-refractivity contribution in [3.8, 4) is 11.5 Å². The molecule has 0 heterocycles. The van der Waals surface area contributed by atoms with Crippen molar-refractivity contribution < 1.29 is 38.9 Å². The average molecular weight is 543 g/mol. The fourth-order valence-electron chi connectivity index (χ4n) is 4.90. The number of rotatable bonds is 16. The van der Waals surface area contributed by atoms with Gasteiger partial charge >= 0.3 is 23.9 Å². The molecule has 0 aromatic heterocycles. The van der Waals surface area contributed by atoms with Crippen LogP contribution in [0.4, 0.5) is 0 Å². The summed E-state index contributed by atoms with van der Waals surface area (Å²) in [5, 5.41) is 17.9. The maximum Gasteiger partial charge on any atom is 0.311 e. The van der Waals surface area contributed by atoms with Gasteiger partial charge in [0.1, 0.15) is 11.5 Å². The number of hydrogen-bond acceptors (Lipinski definition) is 6. The molecule has 0 radical (unpaired) electrons. The first-order valence-electron chi connectivity index (χ1n) is 13.9. The van der Waals surface area contributed by atoms with Crippen LogP contribution in [0.5, 0.6) is 11.5 Å². The normalized spacial score (nSPS) is 16.7. The van der Waals surface area contributed by atoms with Gasteiger partial charge in [-0.05, 0) is 76.0 Å². The molecule has 0 fully saturated rings. The summed E-state index contributed by atoms with van der Waals surface area (Å²) >= 11 is 0. The van der Waals surface area contributed by atoms with E-state index in [1.54, 1.807) is 0 Å². The Labute approximate surface area is 231 Å². The highest BCUT2D eigenvalue weighted by molar-refractivity contribution is 5.77. The zero-order valence-corrected chi connectivity index (χ0v) is 23.4. The van der Waals surface area contributed by atoms with Gasteiger partial charge in [-0.2, -0.15) is 0 Å². The zero-order chi connectivity index (χ0) is 28.9. The summed E-state index contributed by atoms with van der Waals surface area (Å²) in [6.45, 7) is 10.3. The molecule has 2 N–H and O–H groups in total. The van der Waals surface area contributed by atoms with Crippen molar-refractivity contribution in [2.45, 2.75) is 104 Å². The van der Waals surface area contributed by atoms with E-state index >= 15 is 0 Å². The van der Waals surface area contributed by atoms with Gasteiger partial charge in [-0.15, -0.1) is 0 Å². The van der Waals surface area contributed by atoms with Crippen LogP contribution in [-0.2, 0) is 25.6 Å². The Kier molecular flexibility index (Phi) is 12.9. The van der Waals surface area contributed by atoms with E-state index in [0.29, 0.717) is 23.5 Å².